The van der Waals surface area contributed by atoms with Crippen LogP contribution in [0.2, 0.25) is 0 Å². The Hall–Kier alpha value is -1.01. The molecule has 0 saturated carbocycles. The third-order valence-corrected chi connectivity index (χ3v) is 4.35. The summed E-state index contributed by atoms with van der Waals surface area (Å²) in [5.41, 5.74) is 1.27. The smallest absolute Gasteiger partial charge is 0.205 e. The highest BCUT2D eigenvalue weighted by molar-refractivity contribution is 7.15. The van der Waals surface area contributed by atoms with Crippen LogP contribution in [0.5, 0.6) is 0 Å². The van der Waals surface area contributed by atoms with Gasteiger partial charge in [-0.2, -0.15) is 0 Å². The van der Waals surface area contributed by atoms with E-state index in [0.29, 0.717) is 0 Å². The Labute approximate surface area is 122 Å². The first-order chi connectivity index (χ1) is 8.99. The summed E-state index contributed by atoms with van der Waals surface area (Å²) in [7, 11) is 0. The van der Waals surface area contributed by atoms with Crippen molar-refractivity contribution >= 4 is 27.8 Å². The fourth-order valence-corrected chi connectivity index (χ4v) is 3.38. The van der Waals surface area contributed by atoms with Crippen LogP contribution in [0.1, 0.15) is 49.8 Å². The minimum absolute atomic E-state index is 0.115. The lowest BCUT2D eigenvalue weighted by molar-refractivity contribution is 0.571. The number of nitrogens with one attached hydrogen (secondary N) is 1. The lowest BCUT2D eigenvalue weighted by Gasteiger charge is -2.14. The molecule has 2 aromatic rings. The molecule has 0 radical (unpaired) electrons. The van der Waals surface area contributed by atoms with Gasteiger partial charge in [0.05, 0.1) is 17.1 Å². The number of thiazole rings is 1. The molecule has 0 aromatic carbocycles. The lowest BCUT2D eigenvalue weighted by atomic mass is 9.93. The monoisotopic (exact) mass is 296 g/mol. The fourth-order valence-electron chi connectivity index (χ4n) is 1.49. The van der Waals surface area contributed by atoms with E-state index in [1.54, 1.807) is 22.7 Å². The second kappa shape index (κ2) is 5.96. The summed E-state index contributed by atoms with van der Waals surface area (Å²) >= 11 is 3.32. The molecular formula is C13H20N4S2. The molecule has 0 aliphatic rings. The van der Waals surface area contributed by atoms with Gasteiger partial charge in [0.1, 0.15) is 5.01 Å². The predicted octanol–water partition coefficient (Wildman–Crippen LogP) is 3.70. The number of aromatic nitrogens is 3. The van der Waals surface area contributed by atoms with Gasteiger partial charge < -0.3 is 5.32 Å². The van der Waals surface area contributed by atoms with E-state index in [2.05, 4.69) is 53.6 Å². The van der Waals surface area contributed by atoms with Crippen molar-refractivity contribution in [2.75, 3.05) is 11.9 Å². The quantitative estimate of drug-likeness (QED) is 0.914. The number of anilines is 1. The molecule has 0 spiro atoms. The molecule has 0 unspecified atom stereocenters. The van der Waals surface area contributed by atoms with Crippen molar-refractivity contribution in [1.82, 2.24) is 15.2 Å². The Kier molecular flexibility index (Phi) is 4.52. The van der Waals surface area contributed by atoms with E-state index in [0.717, 1.165) is 40.2 Å². The van der Waals surface area contributed by atoms with Crippen LogP contribution in [0.25, 0.3) is 0 Å². The maximum absolute atomic E-state index is 4.69. The van der Waals surface area contributed by atoms with E-state index in [4.69, 9.17) is 0 Å². The van der Waals surface area contributed by atoms with E-state index in [1.165, 1.54) is 0 Å². The number of hydrogen-bond donors (Lipinski definition) is 1. The minimum Gasteiger partial charge on any atom is -0.360 e. The van der Waals surface area contributed by atoms with Crippen LogP contribution >= 0.6 is 22.7 Å². The molecule has 0 aliphatic carbocycles. The molecule has 2 heterocycles. The summed E-state index contributed by atoms with van der Waals surface area (Å²) in [6.45, 7) is 9.63. The van der Waals surface area contributed by atoms with Crippen molar-refractivity contribution in [2.45, 2.75) is 46.0 Å². The molecule has 0 bridgehead atoms. The largest absolute Gasteiger partial charge is 0.360 e. The average molecular weight is 296 g/mol. The second-order valence-corrected chi connectivity index (χ2v) is 7.49. The minimum atomic E-state index is 0.115. The Morgan fingerprint density at radius 1 is 1.21 bits per heavy atom. The molecule has 0 saturated heterocycles. The van der Waals surface area contributed by atoms with E-state index in [9.17, 15) is 0 Å². The standard InChI is InChI=1S/C13H20N4S2/c1-5-6-14-12-17-16-11(19-12)7-10-15-9(8-18-10)13(2,3)4/h8H,5-7H2,1-4H3,(H,14,17). The van der Waals surface area contributed by atoms with Crippen LogP contribution < -0.4 is 5.32 Å². The van der Waals surface area contributed by atoms with Crippen molar-refractivity contribution < 1.29 is 0 Å². The van der Waals surface area contributed by atoms with Crippen LogP contribution in [0.3, 0.4) is 0 Å². The first kappa shape index (κ1) is 14.4. The number of nitrogens with zero attached hydrogens (tertiary/aromatic N) is 3. The molecule has 4 nitrogen and oxygen atoms in total. The molecule has 1 N–H and O–H groups in total. The summed E-state index contributed by atoms with van der Waals surface area (Å²) in [5, 5.41) is 16.8. The molecule has 2 rings (SSSR count). The third kappa shape index (κ3) is 3.98. The number of hydrogen-bond acceptors (Lipinski definition) is 6. The van der Waals surface area contributed by atoms with Crippen molar-refractivity contribution in [3.63, 3.8) is 0 Å². The van der Waals surface area contributed by atoms with Crippen LogP contribution in [-0.4, -0.2) is 21.7 Å². The first-order valence-corrected chi connectivity index (χ1v) is 8.20. The first-order valence-electron chi connectivity index (χ1n) is 6.50. The van der Waals surface area contributed by atoms with Gasteiger partial charge in [0.15, 0.2) is 0 Å². The van der Waals surface area contributed by atoms with Crippen LogP contribution in [-0.2, 0) is 11.8 Å². The van der Waals surface area contributed by atoms with E-state index >= 15 is 0 Å². The molecule has 2 aromatic heterocycles. The van der Waals surface area contributed by atoms with Crippen LogP contribution in [0.4, 0.5) is 5.13 Å². The Morgan fingerprint density at radius 2 is 2.00 bits per heavy atom. The highest BCUT2D eigenvalue weighted by atomic mass is 32.1. The van der Waals surface area contributed by atoms with Gasteiger partial charge in [-0.1, -0.05) is 39.0 Å². The Morgan fingerprint density at radius 3 is 2.63 bits per heavy atom. The maximum Gasteiger partial charge on any atom is 0.205 e. The second-order valence-electron chi connectivity index (χ2n) is 5.48. The van der Waals surface area contributed by atoms with Crippen LogP contribution in [0.15, 0.2) is 5.38 Å². The summed E-state index contributed by atoms with van der Waals surface area (Å²) in [5.74, 6) is 0. The van der Waals surface area contributed by atoms with Gasteiger partial charge in [-0.25, -0.2) is 4.98 Å². The molecule has 0 aliphatic heterocycles. The summed E-state index contributed by atoms with van der Waals surface area (Å²) in [6.07, 6.45) is 1.88. The Bertz CT molecular complexity index is 525. The van der Waals surface area contributed by atoms with Gasteiger partial charge in [0.25, 0.3) is 0 Å². The summed E-state index contributed by atoms with van der Waals surface area (Å²) in [6, 6.07) is 0. The molecule has 0 amide bonds. The van der Waals surface area contributed by atoms with Gasteiger partial charge >= 0.3 is 0 Å². The SMILES string of the molecule is CCCNc1nnc(Cc2nc(C(C)(C)C)cs2)s1. The highest BCUT2D eigenvalue weighted by Gasteiger charge is 2.18. The highest BCUT2D eigenvalue weighted by Crippen LogP contribution is 2.26. The molecular weight excluding hydrogens is 276 g/mol. The molecule has 6 heteroatoms. The normalized spacial score (nSPS) is 11.8. The lowest BCUT2D eigenvalue weighted by Crippen LogP contribution is -2.11. The van der Waals surface area contributed by atoms with E-state index in [1.807, 2.05) is 0 Å². The molecule has 0 fully saturated rings. The fraction of sp³-hybridized carbons (Fsp3) is 0.615. The topological polar surface area (TPSA) is 50.7 Å². The average Bonchev–Trinajstić information content (AvgIpc) is 2.95. The van der Waals surface area contributed by atoms with Crippen molar-refractivity contribution in [3.8, 4) is 0 Å². The number of rotatable bonds is 5. The third-order valence-electron chi connectivity index (χ3n) is 2.62. The maximum atomic E-state index is 4.69. The van der Waals surface area contributed by atoms with Crippen molar-refractivity contribution in [3.05, 3.63) is 21.1 Å². The summed E-state index contributed by atoms with van der Waals surface area (Å²) < 4.78 is 0. The molecule has 0 atom stereocenters. The summed E-state index contributed by atoms with van der Waals surface area (Å²) in [4.78, 5) is 4.69. The van der Waals surface area contributed by atoms with Gasteiger partial charge in [-0.15, -0.1) is 21.5 Å². The zero-order valence-corrected chi connectivity index (χ0v) is 13.5. The van der Waals surface area contributed by atoms with Gasteiger partial charge in [0.2, 0.25) is 5.13 Å². The predicted molar refractivity (Wildman–Crippen MR) is 82.3 cm³/mol. The Balaban J connectivity index is 2.01. The van der Waals surface area contributed by atoms with Gasteiger partial charge in [-0.3, -0.25) is 0 Å². The molecule has 104 valence electrons. The van der Waals surface area contributed by atoms with Crippen LogP contribution in [0, 0.1) is 0 Å². The molecule has 19 heavy (non-hydrogen) atoms. The van der Waals surface area contributed by atoms with E-state index in [-0.39, 0.29) is 5.41 Å². The van der Waals surface area contributed by atoms with Crippen molar-refractivity contribution in [1.29, 1.82) is 0 Å². The zero-order chi connectivity index (χ0) is 13.9. The van der Waals surface area contributed by atoms with Gasteiger partial charge in [0, 0.05) is 17.3 Å². The van der Waals surface area contributed by atoms with Gasteiger partial charge in [-0.05, 0) is 6.42 Å². The van der Waals surface area contributed by atoms with Crippen molar-refractivity contribution in [2.24, 2.45) is 0 Å². The zero-order valence-electron chi connectivity index (χ0n) is 11.9. The van der Waals surface area contributed by atoms with E-state index < -0.39 is 0 Å².